The first-order valence-electron chi connectivity index (χ1n) is 8.00. The van der Waals surface area contributed by atoms with Crippen molar-refractivity contribution in [2.24, 2.45) is 5.73 Å². The number of thioether (sulfide) groups is 1. The monoisotopic (exact) mass is 366 g/mol. The Morgan fingerprint density at radius 1 is 1.25 bits per heavy atom. The molecule has 0 radical (unpaired) electrons. The Hall–Kier alpha value is -1.43. The summed E-state index contributed by atoms with van der Waals surface area (Å²) in [5.41, 5.74) is 6.06. The molecular formula is C18H23ClN2O2S. The first-order chi connectivity index (χ1) is 11.2. The molecule has 1 heterocycles. The fourth-order valence-electron chi connectivity index (χ4n) is 3.02. The average molecular weight is 367 g/mol. The number of hydrogen-bond donors (Lipinski definition) is 2. The van der Waals surface area contributed by atoms with Gasteiger partial charge in [0, 0.05) is 16.2 Å². The lowest BCUT2D eigenvalue weighted by molar-refractivity contribution is 0.0949. The third-order valence-electron chi connectivity index (χ3n) is 4.28. The number of furan rings is 1. The normalized spacial score (nSPS) is 15.7. The van der Waals surface area contributed by atoms with E-state index in [9.17, 15) is 4.79 Å². The van der Waals surface area contributed by atoms with E-state index in [1.807, 2.05) is 17.8 Å². The van der Waals surface area contributed by atoms with E-state index in [2.05, 4.69) is 29.6 Å². The molecule has 0 bridgehead atoms. The third kappa shape index (κ3) is 4.56. The van der Waals surface area contributed by atoms with Crippen LogP contribution < -0.4 is 11.1 Å². The number of benzene rings is 1. The van der Waals surface area contributed by atoms with Gasteiger partial charge in [0.15, 0.2) is 0 Å². The van der Waals surface area contributed by atoms with E-state index in [1.54, 1.807) is 6.07 Å². The first-order valence-corrected chi connectivity index (χ1v) is 8.82. The van der Waals surface area contributed by atoms with Crippen LogP contribution in [0.4, 0.5) is 0 Å². The maximum Gasteiger partial charge on any atom is 0.254 e. The second-order valence-corrected chi connectivity index (χ2v) is 7.54. The number of amides is 1. The number of carbonyl (C=O) groups is 1. The van der Waals surface area contributed by atoms with Gasteiger partial charge in [-0.05, 0) is 31.0 Å². The number of halogens is 1. The molecule has 1 fully saturated rings. The van der Waals surface area contributed by atoms with Crippen LogP contribution in [0.5, 0.6) is 0 Å². The van der Waals surface area contributed by atoms with Crippen LogP contribution >= 0.6 is 24.2 Å². The predicted octanol–water partition coefficient (Wildman–Crippen LogP) is 4.00. The zero-order valence-corrected chi connectivity index (χ0v) is 15.1. The number of carbonyl (C=O) groups excluding carboxylic acids is 1. The van der Waals surface area contributed by atoms with E-state index in [1.165, 1.54) is 24.0 Å². The Kier molecular flexibility index (Phi) is 6.78. The number of hydrogen-bond acceptors (Lipinski definition) is 4. The van der Waals surface area contributed by atoms with Crippen molar-refractivity contribution in [3.63, 3.8) is 0 Å². The van der Waals surface area contributed by atoms with Gasteiger partial charge in [-0.15, -0.1) is 24.2 Å². The molecule has 1 aliphatic rings. The highest BCUT2D eigenvalue weighted by molar-refractivity contribution is 8.00. The maximum atomic E-state index is 12.3. The fraction of sp³-hybridized carbons (Fsp3) is 0.389. The molecule has 1 saturated carbocycles. The predicted molar refractivity (Wildman–Crippen MR) is 99.7 cm³/mol. The topological polar surface area (TPSA) is 68.3 Å². The molecule has 0 saturated heterocycles. The van der Waals surface area contributed by atoms with Crippen molar-refractivity contribution in [2.45, 2.75) is 41.9 Å². The molecule has 130 valence electrons. The van der Waals surface area contributed by atoms with Crippen LogP contribution in [-0.2, 0) is 6.54 Å². The van der Waals surface area contributed by atoms with Gasteiger partial charge in [0.1, 0.15) is 12.0 Å². The van der Waals surface area contributed by atoms with Crippen molar-refractivity contribution in [3.05, 3.63) is 54.0 Å². The molecule has 0 unspecified atom stereocenters. The van der Waals surface area contributed by atoms with Crippen molar-refractivity contribution in [2.75, 3.05) is 6.54 Å². The standard InChI is InChI=1S/C18H22N2O2S.ClH/c19-11-15-10-14(12-22-15)17(21)20-13-18(8-4-5-9-18)23-16-6-2-1-3-7-16;/h1-3,6-7,10,12H,4-5,8-9,11,13,19H2,(H,20,21);1H. The van der Waals surface area contributed by atoms with E-state index >= 15 is 0 Å². The molecular weight excluding hydrogens is 344 g/mol. The lowest BCUT2D eigenvalue weighted by atomic mass is 10.1. The van der Waals surface area contributed by atoms with Crippen molar-refractivity contribution in [1.82, 2.24) is 5.32 Å². The Labute approximate surface area is 153 Å². The minimum Gasteiger partial charge on any atom is -0.467 e. The van der Waals surface area contributed by atoms with Crippen LogP contribution in [0, 0.1) is 0 Å². The number of rotatable bonds is 6. The number of nitrogens with two attached hydrogens (primary N) is 1. The molecule has 2 aromatic rings. The summed E-state index contributed by atoms with van der Waals surface area (Å²) in [4.78, 5) is 13.6. The quantitative estimate of drug-likeness (QED) is 0.810. The summed E-state index contributed by atoms with van der Waals surface area (Å²) in [6.45, 7) is 0.982. The second-order valence-electron chi connectivity index (χ2n) is 5.99. The molecule has 1 aliphatic carbocycles. The highest BCUT2D eigenvalue weighted by Crippen LogP contribution is 2.44. The summed E-state index contributed by atoms with van der Waals surface area (Å²) in [6, 6.07) is 12.1. The molecule has 3 N–H and O–H groups in total. The minimum atomic E-state index is -0.0895. The van der Waals surface area contributed by atoms with Crippen molar-refractivity contribution in [1.29, 1.82) is 0 Å². The Morgan fingerprint density at radius 3 is 2.58 bits per heavy atom. The van der Waals surface area contributed by atoms with Crippen LogP contribution in [-0.4, -0.2) is 17.2 Å². The lowest BCUT2D eigenvalue weighted by Crippen LogP contribution is -2.38. The van der Waals surface area contributed by atoms with Crippen molar-refractivity contribution in [3.8, 4) is 0 Å². The van der Waals surface area contributed by atoms with E-state index in [0.29, 0.717) is 24.4 Å². The van der Waals surface area contributed by atoms with Gasteiger partial charge in [-0.2, -0.15) is 0 Å². The molecule has 3 rings (SSSR count). The SMILES string of the molecule is Cl.NCc1cc(C(=O)NCC2(Sc3ccccc3)CCCC2)co1. The van der Waals surface area contributed by atoms with E-state index in [4.69, 9.17) is 10.2 Å². The van der Waals surface area contributed by atoms with Gasteiger partial charge in [0.2, 0.25) is 0 Å². The molecule has 24 heavy (non-hydrogen) atoms. The van der Waals surface area contributed by atoms with Gasteiger partial charge < -0.3 is 15.5 Å². The summed E-state index contributed by atoms with van der Waals surface area (Å²) in [5.74, 6) is 0.540. The maximum absolute atomic E-state index is 12.3. The molecule has 6 heteroatoms. The van der Waals surface area contributed by atoms with Gasteiger partial charge in [0.05, 0.1) is 12.1 Å². The summed E-state index contributed by atoms with van der Waals surface area (Å²) < 4.78 is 5.33. The minimum absolute atomic E-state index is 0. The molecule has 1 aromatic carbocycles. The smallest absolute Gasteiger partial charge is 0.254 e. The summed E-state index contributed by atoms with van der Waals surface area (Å²) in [6.07, 6.45) is 6.18. The van der Waals surface area contributed by atoms with Crippen LogP contribution in [0.25, 0.3) is 0 Å². The van der Waals surface area contributed by atoms with Crippen LogP contribution in [0.1, 0.15) is 41.8 Å². The van der Waals surface area contributed by atoms with Crippen molar-refractivity contribution < 1.29 is 9.21 Å². The Balaban J connectivity index is 0.00000208. The molecule has 4 nitrogen and oxygen atoms in total. The van der Waals surface area contributed by atoms with Gasteiger partial charge in [0.25, 0.3) is 5.91 Å². The largest absolute Gasteiger partial charge is 0.467 e. The molecule has 1 amide bonds. The first kappa shape index (κ1) is 18.9. The van der Waals surface area contributed by atoms with Gasteiger partial charge in [-0.25, -0.2) is 0 Å². The van der Waals surface area contributed by atoms with Crippen LogP contribution in [0.2, 0.25) is 0 Å². The summed E-state index contributed by atoms with van der Waals surface area (Å²) in [5, 5.41) is 3.08. The molecule has 1 aromatic heterocycles. The molecule has 0 atom stereocenters. The fourth-order valence-corrected chi connectivity index (χ4v) is 4.45. The van der Waals surface area contributed by atoms with Gasteiger partial charge >= 0.3 is 0 Å². The zero-order chi connectivity index (χ0) is 16.1. The van der Waals surface area contributed by atoms with Gasteiger partial charge in [-0.1, -0.05) is 31.0 Å². The van der Waals surface area contributed by atoms with E-state index in [-0.39, 0.29) is 23.1 Å². The highest BCUT2D eigenvalue weighted by Gasteiger charge is 2.35. The Bertz CT molecular complexity index is 654. The lowest BCUT2D eigenvalue weighted by Gasteiger charge is -2.28. The molecule has 0 aliphatic heterocycles. The third-order valence-corrected chi connectivity index (χ3v) is 5.77. The second kappa shape index (κ2) is 8.60. The van der Waals surface area contributed by atoms with Gasteiger partial charge in [-0.3, -0.25) is 4.79 Å². The number of nitrogens with one attached hydrogen (secondary N) is 1. The van der Waals surface area contributed by atoms with Crippen LogP contribution in [0.3, 0.4) is 0 Å². The van der Waals surface area contributed by atoms with Crippen molar-refractivity contribution >= 4 is 30.1 Å². The average Bonchev–Trinajstić information content (AvgIpc) is 3.23. The molecule has 0 spiro atoms. The summed E-state index contributed by atoms with van der Waals surface area (Å²) in [7, 11) is 0. The zero-order valence-electron chi connectivity index (χ0n) is 13.5. The van der Waals surface area contributed by atoms with E-state index < -0.39 is 0 Å². The highest BCUT2D eigenvalue weighted by atomic mass is 35.5. The Morgan fingerprint density at radius 2 is 1.96 bits per heavy atom. The van der Waals surface area contributed by atoms with Crippen LogP contribution in [0.15, 0.2) is 52.0 Å². The van der Waals surface area contributed by atoms with E-state index in [0.717, 1.165) is 12.8 Å². The summed E-state index contributed by atoms with van der Waals surface area (Å²) >= 11 is 1.89.